The number of amides is 1. The van der Waals surface area contributed by atoms with Gasteiger partial charge in [0.05, 0.1) is 32.0 Å². The maximum absolute atomic E-state index is 12.4. The molecule has 0 aromatic carbocycles. The molecule has 24 heavy (non-hydrogen) atoms. The number of aryl methyl sites for hydroxylation is 1. The number of thiophene rings is 1. The van der Waals surface area contributed by atoms with E-state index in [2.05, 4.69) is 21.4 Å². The van der Waals surface area contributed by atoms with Crippen LogP contribution in [0.15, 0.2) is 29.2 Å². The SMILES string of the molecule is Cc1cnn(C[C@@H]2CN(CC(=O)N(C)Cc3ccsc3)CCO2)c1. The van der Waals surface area contributed by atoms with Crippen molar-refractivity contribution in [2.45, 2.75) is 26.1 Å². The Morgan fingerprint density at radius 2 is 2.42 bits per heavy atom. The van der Waals surface area contributed by atoms with Crippen LogP contribution in [0.3, 0.4) is 0 Å². The summed E-state index contributed by atoms with van der Waals surface area (Å²) in [6.45, 7) is 6.08. The second kappa shape index (κ2) is 7.92. The highest BCUT2D eigenvalue weighted by molar-refractivity contribution is 7.07. The minimum absolute atomic E-state index is 0.0769. The molecule has 0 bridgehead atoms. The molecule has 0 N–H and O–H groups in total. The average Bonchev–Trinajstić information content (AvgIpc) is 3.19. The number of hydrogen-bond donors (Lipinski definition) is 0. The Kier molecular flexibility index (Phi) is 5.65. The van der Waals surface area contributed by atoms with E-state index in [4.69, 9.17) is 4.74 Å². The molecule has 1 fully saturated rings. The Morgan fingerprint density at radius 1 is 1.54 bits per heavy atom. The summed E-state index contributed by atoms with van der Waals surface area (Å²) >= 11 is 1.66. The fourth-order valence-electron chi connectivity index (χ4n) is 2.87. The molecule has 0 radical (unpaired) electrons. The molecule has 0 saturated carbocycles. The van der Waals surface area contributed by atoms with Crippen LogP contribution < -0.4 is 0 Å². The molecule has 2 aromatic heterocycles. The highest BCUT2D eigenvalue weighted by Gasteiger charge is 2.23. The Balaban J connectivity index is 1.48. The predicted molar refractivity (Wildman–Crippen MR) is 93.9 cm³/mol. The van der Waals surface area contributed by atoms with Gasteiger partial charge in [0.1, 0.15) is 0 Å². The van der Waals surface area contributed by atoms with Crippen LogP contribution in [-0.4, -0.2) is 64.9 Å². The number of carbonyl (C=O) groups excluding carboxylic acids is 1. The summed E-state index contributed by atoms with van der Waals surface area (Å²) in [6.07, 6.45) is 3.94. The topological polar surface area (TPSA) is 50.6 Å². The first-order valence-corrected chi connectivity index (χ1v) is 9.12. The summed E-state index contributed by atoms with van der Waals surface area (Å²) < 4.78 is 7.73. The largest absolute Gasteiger partial charge is 0.374 e. The molecule has 0 aliphatic carbocycles. The van der Waals surface area contributed by atoms with Crippen LogP contribution in [0, 0.1) is 6.92 Å². The van der Waals surface area contributed by atoms with E-state index in [1.54, 1.807) is 16.2 Å². The van der Waals surface area contributed by atoms with E-state index < -0.39 is 0 Å². The van der Waals surface area contributed by atoms with Crippen molar-refractivity contribution in [1.82, 2.24) is 19.6 Å². The number of morpholine rings is 1. The van der Waals surface area contributed by atoms with E-state index in [0.29, 0.717) is 19.7 Å². The van der Waals surface area contributed by atoms with E-state index in [-0.39, 0.29) is 12.0 Å². The van der Waals surface area contributed by atoms with Crippen molar-refractivity contribution < 1.29 is 9.53 Å². The van der Waals surface area contributed by atoms with Gasteiger partial charge in [-0.1, -0.05) is 0 Å². The molecular formula is C17H24N4O2S. The van der Waals surface area contributed by atoms with Crippen molar-refractivity contribution in [3.8, 4) is 0 Å². The van der Waals surface area contributed by atoms with E-state index in [9.17, 15) is 4.79 Å². The van der Waals surface area contributed by atoms with Gasteiger partial charge in [0.25, 0.3) is 0 Å². The first-order chi connectivity index (χ1) is 11.6. The van der Waals surface area contributed by atoms with Crippen LogP contribution in [0.1, 0.15) is 11.1 Å². The van der Waals surface area contributed by atoms with E-state index in [1.807, 2.05) is 36.4 Å². The molecule has 3 heterocycles. The molecule has 0 unspecified atom stereocenters. The Morgan fingerprint density at radius 3 is 3.12 bits per heavy atom. The van der Waals surface area contributed by atoms with Gasteiger partial charge in [-0.3, -0.25) is 14.4 Å². The smallest absolute Gasteiger partial charge is 0.236 e. The summed E-state index contributed by atoms with van der Waals surface area (Å²) in [5, 5.41) is 8.43. The summed E-state index contributed by atoms with van der Waals surface area (Å²) in [5.74, 6) is 0.150. The highest BCUT2D eigenvalue weighted by Crippen LogP contribution is 2.11. The predicted octanol–water partition coefficient (Wildman–Crippen LogP) is 1.61. The zero-order chi connectivity index (χ0) is 16.9. The lowest BCUT2D eigenvalue weighted by molar-refractivity contribution is -0.133. The van der Waals surface area contributed by atoms with Gasteiger partial charge in [-0.15, -0.1) is 0 Å². The standard InChI is InChI=1S/C17H24N4O2S/c1-14-7-18-21(8-14)11-16-10-20(4-5-23-16)12-17(22)19(2)9-15-3-6-24-13-15/h3,6-8,13,16H,4-5,9-12H2,1-2H3/t16-/m0/s1. The third kappa shape index (κ3) is 4.66. The fraction of sp³-hybridized carbons (Fsp3) is 0.529. The van der Waals surface area contributed by atoms with Crippen LogP contribution in [-0.2, 0) is 22.6 Å². The average molecular weight is 348 g/mol. The monoisotopic (exact) mass is 348 g/mol. The van der Waals surface area contributed by atoms with Crippen molar-refractivity contribution in [1.29, 1.82) is 0 Å². The zero-order valence-corrected chi connectivity index (χ0v) is 15.0. The van der Waals surface area contributed by atoms with Gasteiger partial charge in [-0.2, -0.15) is 16.4 Å². The Hall–Kier alpha value is -1.70. The Bertz CT molecular complexity index is 655. The van der Waals surface area contributed by atoms with E-state index >= 15 is 0 Å². The van der Waals surface area contributed by atoms with Crippen molar-refractivity contribution in [2.24, 2.45) is 0 Å². The molecule has 0 spiro atoms. The lowest BCUT2D eigenvalue weighted by Gasteiger charge is -2.33. The molecule has 130 valence electrons. The van der Waals surface area contributed by atoms with E-state index in [0.717, 1.165) is 25.2 Å². The van der Waals surface area contributed by atoms with Crippen molar-refractivity contribution >= 4 is 17.2 Å². The van der Waals surface area contributed by atoms with Gasteiger partial charge < -0.3 is 9.64 Å². The normalized spacial score (nSPS) is 18.7. The molecule has 7 heteroatoms. The molecule has 1 saturated heterocycles. The summed E-state index contributed by atoms with van der Waals surface area (Å²) in [6, 6.07) is 2.06. The lowest BCUT2D eigenvalue weighted by Crippen LogP contribution is -2.48. The Labute approximate surface area is 146 Å². The number of likely N-dealkylation sites (N-methyl/N-ethyl adjacent to an activating group) is 1. The summed E-state index contributed by atoms with van der Waals surface area (Å²) in [7, 11) is 1.87. The molecule has 1 atom stereocenters. The fourth-order valence-corrected chi connectivity index (χ4v) is 3.53. The number of ether oxygens (including phenoxy) is 1. The van der Waals surface area contributed by atoms with Gasteiger partial charge in [0.15, 0.2) is 0 Å². The first kappa shape index (κ1) is 17.1. The number of nitrogens with zero attached hydrogens (tertiary/aromatic N) is 4. The zero-order valence-electron chi connectivity index (χ0n) is 14.2. The highest BCUT2D eigenvalue weighted by atomic mass is 32.1. The van der Waals surface area contributed by atoms with Gasteiger partial charge in [-0.05, 0) is 34.9 Å². The lowest BCUT2D eigenvalue weighted by atomic mass is 10.2. The third-order valence-electron chi connectivity index (χ3n) is 4.16. The van der Waals surface area contributed by atoms with Gasteiger partial charge in [0.2, 0.25) is 5.91 Å². The van der Waals surface area contributed by atoms with Gasteiger partial charge in [-0.25, -0.2) is 0 Å². The molecule has 6 nitrogen and oxygen atoms in total. The number of aromatic nitrogens is 2. The summed E-state index contributed by atoms with van der Waals surface area (Å²) in [4.78, 5) is 16.4. The maximum atomic E-state index is 12.4. The van der Waals surface area contributed by atoms with Crippen LogP contribution in [0.2, 0.25) is 0 Å². The molecular weight excluding hydrogens is 324 g/mol. The molecule has 2 aromatic rings. The minimum Gasteiger partial charge on any atom is -0.374 e. The minimum atomic E-state index is 0.0769. The first-order valence-electron chi connectivity index (χ1n) is 8.18. The quantitative estimate of drug-likeness (QED) is 0.796. The van der Waals surface area contributed by atoms with Crippen LogP contribution >= 0.6 is 11.3 Å². The number of rotatable bonds is 6. The maximum Gasteiger partial charge on any atom is 0.236 e. The van der Waals surface area contributed by atoms with Crippen LogP contribution in [0.5, 0.6) is 0 Å². The number of carbonyl (C=O) groups is 1. The van der Waals surface area contributed by atoms with Crippen LogP contribution in [0.25, 0.3) is 0 Å². The van der Waals surface area contributed by atoms with Gasteiger partial charge >= 0.3 is 0 Å². The second-order valence-electron chi connectivity index (χ2n) is 6.35. The number of hydrogen-bond acceptors (Lipinski definition) is 5. The van der Waals surface area contributed by atoms with Gasteiger partial charge in [0, 0.05) is 32.9 Å². The summed E-state index contributed by atoms with van der Waals surface area (Å²) in [5.41, 5.74) is 2.33. The molecule has 1 amide bonds. The van der Waals surface area contributed by atoms with Crippen molar-refractivity contribution in [2.75, 3.05) is 33.3 Å². The molecule has 3 rings (SSSR count). The van der Waals surface area contributed by atoms with E-state index in [1.165, 1.54) is 5.56 Å². The van der Waals surface area contributed by atoms with Crippen molar-refractivity contribution in [3.63, 3.8) is 0 Å². The molecule has 1 aliphatic heterocycles. The third-order valence-corrected chi connectivity index (χ3v) is 4.89. The van der Waals surface area contributed by atoms with Crippen molar-refractivity contribution in [3.05, 3.63) is 40.3 Å². The van der Waals surface area contributed by atoms with Crippen LogP contribution in [0.4, 0.5) is 0 Å². The second-order valence-corrected chi connectivity index (χ2v) is 7.13. The molecule has 1 aliphatic rings.